The molecule has 2 aliphatic heterocycles. The molecule has 112 valence electrons. The molecule has 0 unspecified atom stereocenters. The average Bonchev–Trinajstić information content (AvgIpc) is 3.05. The van der Waals surface area contributed by atoms with Crippen LogP contribution >= 0.6 is 0 Å². The summed E-state index contributed by atoms with van der Waals surface area (Å²) in [5.74, 6) is 0. The van der Waals surface area contributed by atoms with Crippen molar-refractivity contribution in [3.63, 3.8) is 0 Å². The molecule has 1 aromatic heterocycles. The Hall–Kier alpha value is -0.920. The third-order valence-corrected chi connectivity index (χ3v) is 6.37. The number of aromatic nitrogens is 2. The van der Waals surface area contributed by atoms with E-state index >= 15 is 0 Å². The molecule has 0 radical (unpaired) electrons. The fourth-order valence-corrected chi connectivity index (χ4v) is 5.07. The van der Waals surface area contributed by atoms with Gasteiger partial charge >= 0.3 is 0 Å². The summed E-state index contributed by atoms with van der Waals surface area (Å²) < 4.78 is 28.9. The van der Waals surface area contributed by atoms with Gasteiger partial charge in [-0.3, -0.25) is 9.58 Å². The van der Waals surface area contributed by atoms with Crippen molar-refractivity contribution >= 4 is 10.0 Å². The average molecular weight is 298 g/mol. The largest absolute Gasteiger partial charge is 0.297 e. The minimum absolute atomic E-state index is 0.0783. The number of nitrogens with zero attached hydrogens (tertiary/aromatic N) is 4. The lowest BCUT2D eigenvalue weighted by atomic mass is 10.1. The Morgan fingerprint density at radius 2 is 2.20 bits per heavy atom. The first-order valence-electron chi connectivity index (χ1n) is 7.27. The Kier molecular flexibility index (Phi) is 3.60. The van der Waals surface area contributed by atoms with Crippen molar-refractivity contribution < 1.29 is 8.42 Å². The van der Waals surface area contributed by atoms with Gasteiger partial charge in [0.2, 0.25) is 10.0 Å². The predicted octanol–water partition coefficient (Wildman–Crippen LogP) is 0.667. The molecule has 6 nitrogen and oxygen atoms in total. The van der Waals surface area contributed by atoms with E-state index in [1.165, 1.54) is 12.6 Å². The van der Waals surface area contributed by atoms with Gasteiger partial charge in [0.05, 0.1) is 6.20 Å². The summed E-state index contributed by atoms with van der Waals surface area (Å²) in [5.41, 5.74) is 0. The number of fused-ring (bicyclic) bond motifs is 1. The quantitative estimate of drug-likeness (QED) is 0.823. The maximum atomic E-state index is 12.8. The molecule has 1 aromatic rings. The fraction of sp³-hybridized carbons (Fsp3) is 0.769. The van der Waals surface area contributed by atoms with Crippen LogP contribution in [0.5, 0.6) is 0 Å². The third kappa shape index (κ3) is 2.27. The second-order valence-electron chi connectivity index (χ2n) is 5.78. The van der Waals surface area contributed by atoms with E-state index in [2.05, 4.69) is 16.9 Å². The summed E-state index contributed by atoms with van der Waals surface area (Å²) >= 11 is 0. The molecule has 0 aromatic carbocycles. The molecule has 2 saturated heterocycles. The highest BCUT2D eigenvalue weighted by molar-refractivity contribution is 7.89. The Morgan fingerprint density at radius 1 is 1.40 bits per heavy atom. The predicted molar refractivity (Wildman–Crippen MR) is 75.8 cm³/mol. The normalized spacial score (nSPS) is 28.7. The summed E-state index contributed by atoms with van der Waals surface area (Å²) in [5, 5.41) is 4.00. The maximum Gasteiger partial charge on any atom is 0.246 e. The molecule has 2 aliphatic rings. The molecule has 2 fully saturated rings. The Balaban J connectivity index is 1.90. The van der Waals surface area contributed by atoms with Crippen LogP contribution in [0, 0.1) is 0 Å². The molecular weight excluding hydrogens is 276 g/mol. The van der Waals surface area contributed by atoms with E-state index < -0.39 is 10.0 Å². The molecule has 2 atom stereocenters. The molecule has 7 heteroatoms. The van der Waals surface area contributed by atoms with Gasteiger partial charge in [-0.15, -0.1) is 0 Å². The van der Waals surface area contributed by atoms with Crippen LogP contribution in [0.3, 0.4) is 0 Å². The summed E-state index contributed by atoms with van der Waals surface area (Å²) in [4.78, 5) is 2.76. The summed E-state index contributed by atoms with van der Waals surface area (Å²) in [6.07, 6.45) is 6.17. The molecule has 0 bridgehead atoms. The zero-order valence-corrected chi connectivity index (χ0v) is 12.9. The maximum absolute atomic E-state index is 12.8. The van der Waals surface area contributed by atoms with Crippen LogP contribution in [0.4, 0.5) is 0 Å². The summed E-state index contributed by atoms with van der Waals surface area (Å²) in [6.45, 7) is 4.66. The van der Waals surface area contributed by atoms with Gasteiger partial charge in [0.25, 0.3) is 0 Å². The van der Waals surface area contributed by atoms with Crippen molar-refractivity contribution in [3.05, 3.63) is 12.4 Å². The first kappa shape index (κ1) is 14.0. The standard InChI is InChI=1S/C13H22N4O2S/c1-3-11-8-16-6-4-5-12(16)9-17(11)20(18,19)13-7-14-15(2)10-13/h7,10-12H,3-6,8-9H2,1-2H3/t11-,12+/m1/s1. The molecule has 3 rings (SSSR count). The van der Waals surface area contributed by atoms with E-state index in [0.717, 1.165) is 25.9 Å². The number of hydrogen-bond acceptors (Lipinski definition) is 4. The lowest BCUT2D eigenvalue weighted by Gasteiger charge is -2.42. The van der Waals surface area contributed by atoms with Crippen LogP contribution in [-0.2, 0) is 17.1 Å². The molecular formula is C13H22N4O2S. The van der Waals surface area contributed by atoms with Crippen molar-refractivity contribution in [2.75, 3.05) is 19.6 Å². The number of rotatable bonds is 3. The molecule has 0 N–H and O–H groups in total. The molecule has 0 aliphatic carbocycles. The highest BCUT2D eigenvalue weighted by Gasteiger charge is 2.41. The first-order chi connectivity index (χ1) is 9.52. The van der Waals surface area contributed by atoms with E-state index in [9.17, 15) is 8.42 Å². The van der Waals surface area contributed by atoms with E-state index in [-0.39, 0.29) is 6.04 Å². The Labute approximate surface area is 120 Å². The van der Waals surface area contributed by atoms with Crippen LogP contribution in [0.1, 0.15) is 26.2 Å². The summed E-state index contributed by atoms with van der Waals surface area (Å²) in [6, 6.07) is 0.471. The second kappa shape index (κ2) is 5.13. The zero-order chi connectivity index (χ0) is 14.3. The molecule has 0 spiro atoms. The van der Waals surface area contributed by atoms with Gasteiger partial charge in [0, 0.05) is 38.4 Å². The van der Waals surface area contributed by atoms with E-state index in [0.29, 0.717) is 17.5 Å². The van der Waals surface area contributed by atoms with Gasteiger partial charge in [0.1, 0.15) is 4.90 Å². The van der Waals surface area contributed by atoms with Crippen molar-refractivity contribution in [2.24, 2.45) is 7.05 Å². The highest BCUT2D eigenvalue weighted by atomic mass is 32.2. The fourth-order valence-electron chi connectivity index (χ4n) is 3.36. The molecule has 20 heavy (non-hydrogen) atoms. The van der Waals surface area contributed by atoms with Gasteiger partial charge in [0.15, 0.2) is 0 Å². The second-order valence-corrected chi connectivity index (χ2v) is 7.67. The highest BCUT2D eigenvalue weighted by Crippen LogP contribution is 2.29. The number of sulfonamides is 1. The van der Waals surface area contributed by atoms with E-state index in [1.807, 2.05) is 0 Å². The smallest absolute Gasteiger partial charge is 0.246 e. The van der Waals surface area contributed by atoms with Crippen LogP contribution < -0.4 is 0 Å². The van der Waals surface area contributed by atoms with Crippen molar-refractivity contribution in [2.45, 2.75) is 43.2 Å². The van der Waals surface area contributed by atoms with Crippen LogP contribution in [-0.4, -0.2) is 59.1 Å². The van der Waals surface area contributed by atoms with Crippen LogP contribution in [0.25, 0.3) is 0 Å². The van der Waals surface area contributed by atoms with Gasteiger partial charge in [-0.1, -0.05) is 6.92 Å². The van der Waals surface area contributed by atoms with Gasteiger partial charge in [-0.05, 0) is 25.8 Å². The monoisotopic (exact) mass is 298 g/mol. The first-order valence-corrected chi connectivity index (χ1v) is 8.71. The molecule has 0 amide bonds. The minimum Gasteiger partial charge on any atom is -0.297 e. The zero-order valence-electron chi connectivity index (χ0n) is 12.1. The third-order valence-electron chi connectivity index (χ3n) is 4.50. The number of aryl methyl sites for hydroxylation is 1. The van der Waals surface area contributed by atoms with Crippen molar-refractivity contribution in [3.8, 4) is 0 Å². The Morgan fingerprint density at radius 3 is 2.85 bits per heavy atom. The number of hydrogen-bond donors (Lipinski definition) is 0. The van der Waals surface area contributed by atoms with Crippen LogP contribution in [0.15, 0.2) is 17.3 Å². The minimum atomic E-state index is -3.42. The summed E-state index contributed by atoms with van der Waals surface area (Å²) in [7, 11) is -1.68. The lowest BCUT2D eigenvalue weighted by molar-refractivity contribution is 0.106. The van der Waals surface area contributed by atoms with Crippen molar-refractivity contribution in [1.29, 1.82) is 0 Å². The lowest BCUT2D eigenvalue weighted by Crippen LogP contribution is -2.57. The van der Waals surface area contributed by atoms with Gasteiger partial charge in [-0.2, -0.15) is 9.40 Å². The van der Waals surface area contributed by atoms with Gasteiger partial charge in [-0.25, -0.2) is 8.42 Å². The van der Waals surface area contributed by atoms with E-state index in [4.69, 9.17) is 0 Å². The van der Waals surface area contributed by atoms with Gasteiger partial charge < -0.3 is 0 Å². The van der Waals surface area contributed by atoms with Crippen molar-refractivity contribution in [1.82, 2.24) is 19.0 Å². The van der Waals surface area contributed by atoms with E-state index in [1.54, 1.807) is 22.2 Å². The SMILES string of the molecule is CC[C@@H]1CN2CCC[C@H]2CN1S(=O)(=O)c1cnn(C)c1. The van der Waals surface area contributed by atoms with Crippen LogP contribution in [0.2, 0.25) is 0 Å². The molecule has 3 heterocycles. The topological polar surface area (TPSA) is 58.4 Å². The Bertz CT molecular complexity index is 583. The number of piperazine rings is 1. The molecule has 0 saturated carbocycles.